The summed E-state index contributed by atoms with van der Waals surface area (Å²) in [5.74, 6) is -1.19. The van der Waals surface area contributed by atoms with Crippen molar-refractivity contribution >= 4 is 23.1 Å². The number of ketones is 1. The van der Waals surface area contributed by atoms with Gasteiger partial charge in [0, 0.05) is 11.4 Å². The fourth-order valence-corrected chi connectivity index (χ4v) is 2.63. The predicted molar refractivity (Wildman–Crippen MR) is 110 cm³/mol. The number of rotatable bonds is 9. The highest BCUT2D eigenvalue weighted by Gasteiger charge is 2.16. The summed E-state index contributed by atoms with van der Waals surface area (Å²) in [6, 6.07) is 20.3. The van der Waals surface area contributed by atoms with E-state index in [1.54, 1.807) is 12.1 Å². The van der Waals surface area contributed by atoms with Crippen molar-refractivity contribution in [3.63, 3.8) is 0 Å². The number of Topliss-reactive ketones (excluding diaryl/α,β-unsaturated/α-hetero) is 1. The first-order valence-corrected chi connectivity index (χ1v) is 9.12. The molecule has 3 aromatic rings. The van der Waals surface area contributed by atoms with Crippen molar-refractivity contribution in [2.24, 2.45) is 0 Å². The van der Waals surface area contributed by atoms with Gasteiger partial charge < -0.3 is 19.5 Å². The van der Waals surface area contributed by atoms with Crippen LogP contribution in [-0.2, 0) is 9.53 Å². The van der Waals surface area contributed by atoms with Crippen molar-refractivity contribution in [3.05, 3.63) is 84.2 Å². The van der Waals surface area contributed by atoms with Crippen LogP contribution < -0.4 is 14.8 Å². The Labute approximate surface area is 173 Å². The van der Waals surface area contributed by atoms with Crippen LogP contribution in [0, 0.1) is 5.82 Å². The van der Waals surface area contributed by atoms with E-state index in [1.165, 1.54) is 19.2 Å². The fraction of sp³-hybridized carbons (Fsp3) is 0.130. The van der Waals surface area contributed by atoms with E-state index in [1.807, 2.05) is 42.5 Å². The second-order valence-electron chi connectivity index (χ2n) is 6.23. The highest BCUT2D eigenvalue weighted by Crippen LogP contribution is 2.21. The molecule has 0 aliphatic carbocycles. The van der Waals surface area contributed by atoms with Crippen molar-refractivity contribution in [2.75, 3.05) is 25.6 Å². The van der Waals surface area contributed by atoms with Crippen molar-refractivity contribution in [1.29, 1.82) is 0 Å². The fourth-order valence-electron chi connectivity index (χ4n) is 2.63. The van der Waals surface area contributed by atoms with Crippen LogP contribution in [0.1, 0.15) is 10.4 Å². The number of methoxy groups -OCH3 is 1. The number of anilines is 2. The van der Waals surface area contributed by atoms with Crippen LogP contribution in [0.5, 0.6) is 11.5 Å². The molecule has 0 heterocycles. The first-order valence-electron chi connectivity index (χ1n) is 9.12. The lowest BCUT2D eigenvalue weighted by Gasteiger charge is -2.10. The Morgan fingerprint density at radius 2 is 1.60 bits per heavy atom. The van der Waals surface area contributed by atoms with Gasteiger partial charge in [0.15, 0.2) is 13.2 Å². The van der Waals surface area contributed by atoms with Gasteiger partial charge in [-0.3, -0.25) is 4.79 Å². The number of para-hydroxylation sites is 1. The molecule has 0 saturated heterocycles. The maximum absolute atomic E-state index is 13.4. The largest absolute Gasteiger partial charge is 0.496 e. The van der Waals surface area contributed by atoms with Crippen LogP contribution in [0.15, 0.2) is 72.8 Å². The third kappa shape index (κ3) is 5.81. The standard InChI is InChI=1S/C23H20FNO5/c1-28-22-12-7-16(24)13-20(22)21(26)14-30-23(27)15-29-19-10-8-18(9-11-19)25-17-5-3-2-4-6-17/h2-13,25H,14-15H2,1H3. The molecule has 154 valence electrons. The normalized spacial score (nSPS) is 10.2. The van der Waals surface area contributed by atoms with Gasteiger partial charge >= 0.3 is 5.97 Å². The van der Waals surface area contributed by atoms with E-state index in [4.69, 9.17) is 14.2 Å². The monoisotopic (exact) mass is 409 g/mol. The molecule has 0 spiro atoms. The number of ether oxygens (including phenoxy) is 3. The molecule has 1 N–H and O–H groups in total. The molecule has 30 heavy (non-hydrogen) atoms. The first kappa shape index (κ1) is 20.9. The molecule has 0 radical (unpaired) electrons. The summed E-state index contributed by atoms with van der Waals surface area (Å²) < 4.78 is 28.7. The van der Waals surface area contributed by atoms with Crippen molar-refractivity contribution in [3.8, 4) is 11.5 Å². The Balaban J connectivity index is 1.46. The van der Waals surface area contributed by atoms with Gasteiger partial charge in [0.05, 0.1) is 12.7 Å². The third-order valence-electron chi connectivity index (χ3n) is 4.10. The Bertz CT molecular complexity index is 1010. The van der Waals surface area contributed by atoms with Crippen LogP contribution in [0.4, 0.5) is 15.8 Å². The number of nitrogens with one attached hydrogen (secondary N) is 1. The second kappa shape index (κ2) is 10.1. The number of hydrogen-bond acceptors (Lipinski definition) is 6. The number of carbonyl (C=O) groups excluding carboxylic acids is 2. The van der Waals surface area contributed by atoms with Crippen molar-refractivity contribution < 1.29 is 28.2 Å². The first-order chi connectivity index (χ1) is 14.5. The third-order valence-corrected chi connectivity index (χ3v) is 4.10. The van der Waals surface area contributed by atoms with E-state index >= 15 is 0 Å². The highest BCUT2D eigenvalue weighted by atomic mass is 19.1. The minimum atomic E-state index is -0.717. The SMILES string of the molecule is COc1ccc(F)cc1C(=O)COC(=O)COc1ccc(Nc2ccccc2)cc1. The molecule has 0 saturated carbocycles. The average molecular weight is 409 g/mol. The molecule has 7 heteroatoms. The van der Waals surface area contributed by atoms with Gasteiger partial charge in [-0.25, -0.2) is 9.18 Å². The van der Waals surface area contributed by atoms with Crippen LogP contribution in [0.3, 0.4) is 0 Å². The smallest absolute Gasteiger partial charge is 0.344 e. The zero-order valence-electron chi connectivity index (χ0n) is 16.3. The molecule has 0 bridgehead atoms. The van der Waals surface area contributed by atoms with E-state index < -0.39 is 24.2 Å². The van der Waals surface area contributed by atoms with Gasteiger partial charge in [-0.15, -0.1) is 0 Å². The van der Waals surface area contributed by atoms with Crippen molar-refractivity contribution in [2.45, 2.75) is 0 Å². The van der Waals surface area contributed by atoms with Gasteiger partial charge in [-0.05, 0) is 54.6 Å². The second-order valence-corrected chi connectivity index (χ2v) is 6.23. The van der Waals surface area contributed by atoms with Gasteiger partial charge in [-0.2, -0.15) is 0 Å². The van der Waals surface area contributed by atoms with E-state index in [-0.39, 0.29) is 17.9 Å². The van der Waals surface area contributed by atoms with Crippen LogP contribution in [-0.4, -0.2) is 32.1 Å². The molecule has 0 aliphatic rings. The van der Waals surface area contributed by atoms with Gasteiger partial charge in [-0.1, -0.05) is 18.2 Å². The van der Waals surface area contributed by atoms with Gasteiger partial charge in [0.2, 0.25) is 5.78 Å². The van der Waals surface area contributed by atoms with Gasteiger partial charge in [0.25, 0.3) is 0 Å². The molecule has 0 aromatic heterocycles. The maximum Gasteiger partial charge on any atom is 0.344 e. The summed E-state index contributed by atoms with van der Waals surface area (Å²) >= 11 is 0. The molecule has 0 unspecified atom stereocenters. The Morgan fingerprint density at radius 3 is 2.30 bits per heavy atom. The van der Waals surface area contributed by atoms with Crippen LogP contribution >= 0.6 is 0 Å². The average Bonchev–Trinajstić information content (AvgIpc) is 2.77. The number of carbonyl (C=O) groups is 2. The molecule has 3 aromatic carbocycles. The topological polar surface area (TPSA) is 73.9 Å². The molecule has 0 atom stereocenters. The maximum atomic E-state index is 13.4. The Hall–Kier alpha value is -3.87. The van der Waals surface area contributed by atoms with Crippen molar-refractivity contribution in [1.82, 2.24) is 0 Å². The minimum absolute atomic E-state index is 0.00715. The molecular weight excluding hydrogens is 389 g/mol. The van der Waals surface area contributed by atoms with E-state index in [0.717, 1.165) is 17.4 Å². The van der Waals surface area contributed by atoms with E-state index in [9.17, 15) is 14.0 Å². The molecular formula is C23H20FNO5. The summed E-state index contributed by atoms with van der Waals surface area (Å²) in [7, 11) is 1.37. The lowest BCUT2D eigenvalue weighted by atomic mass is 10.1. The summed E-state index contributed by atoms with van der Waals surface area (Å²) in [4.78, 5) is 24.0. The van der Waals surface area contributed by atoms with E-state index in [2.05, 4.69) is 5.32 Å². The number of halogens is 1. The summed E-state index contributed by atoms with van der Waals surface area (Å²) in [6.07, 6.45) is 0. The van der Waals surface area contributed by atoms with Crippen LogP contribution in [0.2, 0.25) is 0 Å². The molecule has 6 nitrogen and oxygen atoms in total. The van der Waals surface area contributed by atoms with Crippen LogP contribution in [0.25, 0.3) is 0 Å². The van der Waals surface area contributed by atoms with Gasteiger partial charge in [0.1, 0.15) is 17.3 Å². The zero-order chi connectivity index (χ0) is 21.3. The summed E-state index contributed by atoms with van der Waals surface area (Å²) in [6.45, 7) is -0.902. The quantitative estimate of drug-likeness (QED) is 0.418. The number of esters is 1. The number of hydrogen-bond donors (Lipinski definition) is 1. The molecule has 3 rings (SSSR count). The molecule has 0 amide bonds. The Morgan fingerprint density at radius 1 is 0.900 bits per heavy atom. The summed E-state index contributed by atoms with van der Waals surface area (Å²) in [5.41, 5.74) is 1.83. The molecule has 0 fully saturated rings. The lowest BCUT2D eigenvalue weighted by Crippen LogP contribution is -2.20. The van der Waals surface area contributed by atoms with E-state index in [0.29, 0.717) is 5.75 Å². The minimum Gasteiger partial charge on any atom is -0.496 e. The summed E-state index contributed by atoms with van der Waals surface area (Å²) in [5, 5.41) is 3.24. The highest BCUT2D eigenvalue weighted by molar-refractivity contribution is 6.00. The predicted octanol–water partition coefficient (Wildman–Crippen LogP) is 4.38. The molecule has 0 aliphatic heterocycles. The number of benzene rings is 3. The Kier molecular flexibility index (Phi) is 7.00. The zero-order valence-corrected chi connectivity index (χ0v) is 16.3. The lowest BCUT2D eigenvalue weighted by molar-refractivity contribution is -0.144.